The summed E-state index contributed by atoms with van der Waals surface area (Å²) in [6.07, 6.45) is 1.07. The zero-order valence-electron chi connectivity index (χ0n) is 11.6. The van der Waals surface area contributed by atoms with Gasteiger partial charge in [-0.3, -0.25) is 5.26 Å². The van der Waals surface area contributed by atoms with Crippen molar-refractivity contribution in [1.82, 2.24) is 0 Å². The Balaban J connectivity index is 2.03. The molecule has 5 nitrogen and oxygen atoms in total. The summed E-state index contributed by atoms with van der Waals surface area (Å²) in [5.41, 5.74) is -0.341. The van der Waals surface area contributed by atoms with Crippen molar-refractivity contribution in [3.8, 4) is 0 Å². The van der Waals surface area contributed by atoms with E-state index < -0.39 is 17.1 Å². The van der Waals surface area contributed by atoms with E-state index in [1.807, 2.05) is 6.92 Å². The molecule has 1 saturated heterocycles. The summed E-state index contributed by atoms with van der Waals surface area (Å²) < 4.78 is 5.36. The molecule has 0 spiro atoms. The molecule has 0 aromatic carbocycles. The second kappa shape index (κ2) is 4.16. The molecular weight excluding hydrogens is 260 g/mol. The van der Waals surface area contributed by atoms with Gasteiger partial charge in [-0.2, -0.15) is 0 Å². The normalized spacial score (nSPS) is 47.8. The molecule has 5 unspecified atom stereocenters. The average molecular weight is 280 g/mol. The Morgan fingerprint density at radius 1 is 1.35 bits per heavy atom. The van der Waals surface area contributed by atoms with Gasteiger partial charge in [0.15, 0.2) is 0 Å². The highest BCUT2D eigenvalue weighted by Gasteiger charge is 2.63. The minimum absolute atomic E-state index is 0.158. The topological polar surface area (TPSA) is 76.0 Å². The largest absolute Gasteiger partial charge is 0.458 e. The summed E-state index contributed by atoms with van der Waals surface area (Å²) in [6.45, 7) is 9.74. The predicted molar refractivity (Wildman–Crippen MR) is 70.7 cm³/mol. The van der Waals surface area contributed by atoms with Gasteiger partial charge < -0.3 is 9.84 Å². The first-order chi connectivity index (χ1) is 9.33. The smallest absolute Gasteiger partial charge is 0.334 e. The number of ether oxygens (including phenoxy) is 1. The van der Waals surface area contributed by atoms with Crippen molar-refractivity contribution < 1.29 is 24.8 Å². The van der Waals surface area contributed by atoms with Gasteiger partial charge in [0.2, 0.25) is 0 Å². The van der Waals surface area contributed by atoms with E-state index in [0.717, 1.165) is 0 Å². The zero-order chi connectivity index (χ0) is 14.7. The van der Waals surface area contributed by atoms with Gasteiger partial charge in [-0.25, -0.2) is 9.68 Å². The van der Waals surface area contributed by atoms with Crippen molar-refractivity contribution in [2.45, 2.75) is 50.4 Å². The number of aliphatic hydroxyl groups is 1. The molecule has 2 aliphatic carbocycles. The van der Waals surface area contributed by atoms with Crippen LogP contribution in [0, 0.1) is 11.3 Å². The van der Waals surface area contributed by atoms with Crippen LogP contribution in [-0.4, -0.2) is 34.1 Å². The predicted octanol–water partition coefficient (Wildman–Crippen LogP) is 1.82. The van der Waals surface area contributed by atoms with Crippen molar-refractivity contribution in [2.75, 3.05) is 0 Å². The number of carbonyl (C=O) groups is 1. The highest BCUT2D eigenvalue weighted by Crippen LogP contribution is 2.60. The van der Waals surface area contributed by atoms with Crippen LogP contribution < -0.4 is 0 Å². The monoisotopic (exact) mass is 280 g/mol. The summed E-state index contributed by atoms with van der Waals surface area (Å²) in [5, 5.41) is 19.6. The third kappa shape index (κ3) is 1.57. The summed E-state index contributed by atoms with van der Waals surface area (Å²) in [4.78, 5) is 16.6. The number of carbonyl (C=O) groups excluding carboxylic acids is 1. The van der Waals surface area contributed by atoms with Crippen LogP contribution >= 0.6 is 0 Å². The molecule has 3 rings (SSSR count). The van der Waals surface area contributed by atoms with Crippen LogP contribution in [0.2, 0.25) is 0 Å². The molecule has 110 valence electrons. The van der Waals surface area contributed by atoms with Crippen molar-refractivity contribution >= 4 is 5.97 Å². The van der Waals surface area contributed by atoms with Gasteiger partial charge >= 0.3 is 5.97 Å². The van der Waals surface area contributed by atoms with Crippen LogP contribution in [0.5, 0.6) is 0 Å². The van der Waals surface area contributed by atoms with E-state index in [4.69, 9.17) is 9.62 Å². The number of fused-ring (bicyclic) bond motifs is 2. The van der Waals surface area contributed by atoms with Gasteiger partial charge in [0.1, 0.15) is 11.7 Å². The van der Waals surface area contributed by atoms with Gasteiger partial charge in [-0.15, -0.1) is 0 Å². The summed E-state index contributed by atoms with van der Waals surface area (Å²) in [7, 11) is 0. The SMILES string of the molecule is C=C1C(=O)OC2CC3(C)CC(O)CC(=C)C3(OO)CC12. The highest BCUT2D eigenvalue weighted by atomic mass is 17.1. The Morgan fingerprint density at radius 3 is 2.70 bits per heavy atom. The summed E-state index contributed by atoms with van der Waals surface area (Å²) in [5.74, 6) is -0.531. The Hall–Kier alpha value is -1.17. The lowest BCUT2D eigenvalue weighted by molar-refractivity contribution is -0.360. The molecule has 0 aromatic rings. The maximum atomic E-state index is 11.7. The lowest BCUT2D eigenvalue weighted by Gasteiger charge is -2.56. The third-order valence-corrected chi connectivity index (χ3v) is 5.45. The Labute approximate surface area is 117 Å². The minimum Gasteiger partial charge on any atom is -0.458 e. The van der Waals surface area contributed by atoms with E-state index in [1.165, 1.54) is 0 Å². The van der Waals surface area contributed by atoms with Crippen LogP contribution in [0.3, 0.4) is 0 Å². The number of esters is 1. The molecule has 2 saturated carbocycles. The van der Waals surface area contributed by atoms with Gasteiger partial charge in [-0.05, 0) is 31.3 Å². The standard InChI is InChI=1S/C15H20O5/c1-8-4-10(16)5-14(3)7-12-11(6-15(8,14)20-18)9(2)13(17)19-12/h10-12,16,18H,1-2,4-7H2,3H3. The number of aliphatic hydroxyl groups excluding tert-OH is 1. The maximum absolute atomic E-state index is 11.7. The van der Waals surface area contributed by atoms with Gasteiger partial charge in [0, 0.05) is 16.9 Å². The number of hydrogen-bond donors (Lipinski definition) is 2. The number of rotatable bonds is 1. The van der Waals surface area contributed by atoms with Crippen molar-refractivity contribution in [1.29, 1.82) is 0 Å². The van der Waals surface area contributed by atoms with Crippen molar-refractivity contribution in [3.05, 3.63) is 24.3 Å². The van der Waals surface area contributed by atoms with Crippen LogP contribution in [0.15, 0.2) is 24.3 Å². The van der Waals surface area contributed by atoms with E-state index in [9.17, 15) is 15.2 Å². The van der Waals surface area contributed by atoms with Crippen LogP contribution in [-0.2, 0) is 14.4 Å². The molecule has 0 amide bonds. The van der Waals surface area contributed by atoms with E-state index in [2.05, 4.69) is 13.2 Å². The first kappa shape index (κ1) is 13.8. The van der Waals surface area contributed by atoms with Crippen molar-refractivity contribution in [3.63, 3.8) is 0 Å². The van der Waals surface area contributed by atoms with Crippen LogP contribution in [0.1, 0.15) is 32.6 Å². The molecular formula is C15H20O5. The van der Waals surface area contributed by atoms with E-state index >= 15 is 0 Å². The molecule has 3 aliphatic rings. The lowest BCUT2D eigenvalue weighted by Crippen LogP contribution is -2.60. The molecule has 20 heavy (non-hydrogen) atoms. The third-order valence-electron chi connectivity index (χ3n) is 5.45. The second-order valence-electron chi connectivity index (χ2n) is 6.63. The first-order valence-corrected chi connectivity index (χ1v) is 6.92. The zero-order valence-corrected chi connectivity index (χ0v) is 11.6. The fraction of sp³-hybridized carbons (Fsp3) is 0.667. The quantitative estimate of drug-likeness (QED) is 0.252. The molecule has 1 heterocycles. The van der Waals surface area contributed by atoms with Crippen LogP contribution in [0.4, 0.5) is 0 Å². The van der Waals surface area contributed by atoms with Gasteiger partial charge in [-0.1, -0.05) is 20.1 Å². The lowest BCUT2D eigenvalue weighted by atomic mass is 9.52. The maximum Gasteiger partial charge on any atom is 0.334 e. The van der Waals surface area contributed by atoms with Gasteiger partial charge in [0.05, 0.1) is 6.10 Å². The van der Waals surface area contributed by atoms with E-state index in [-0.39, 0.29) is 18.0 Å². The second-order valence-corrected chi connectivity index (χ2v) is 6.63. The van der Waals surface area contributed by atoms with E-state index in [1.54, 1.807) is 0 Å². The molecule has 0 radical (unpaired) electrons. The Bertz CT molecular complexity index is 498. The molecule has 2 N–H and O–H groups in total. The average Bonchev–Trinajstić information content (AvgIpc) is 2.61. The number of hydrogen-bond acceptors (Lipinski definition) is 5. The molecule has 5 heteroatoms. The molecule has 1 aliphatic heterocycles. The molecule has 3 fully saturated rings. The summed E-state index contributed by atoms with van der Waals surface area (Å²) >= 11 is 0. The molecule has 0 aromatic heterocycles. The Morgan fingerprint density at radius 2 is 2.05 bits per heavy atom. The van der Waals surface area contributed by atoms with Crippen LogP contribution in [0.25, 0.3) is 0 Å². The fourth-order valence-corrected chi connectivity index (χ4v) is 4.35. The molecule has 0 bridgehead atoms. The van der Waals surface area contributed by atoms with E-state index in [0.29, 0.717) is 36.8 Å². The highest BCUT2D eigenvalue weighted by molar-refractivity contribution is 5.91. The molecule has 5 atom stereocenters. The first-order valence-electron chi connectivity index (χ1n) is 6.92. The minimum atomic E-state index is -0.940. The van der Waals surface area contributed by atoms with Gasteiger partial charge in [0.25, 0.3) is 0 Å². The summed E-state index contributed by atoms with van der Waals surface area (Å²) in [6, 6.07) is 0. The Kier molecular flexibility index (Phi) is 2.87. The van der Waals surface area contributed by atoms with Crippen molar-refractivity contribution in [2.24, 2.45) is 11.3 Å². The fourth-order valence-electron chi connectivity index (χ4n) is 4.35.